The molecule has 0 bridgehead atoms. The third-order valence-electron chi connectivity index (χ3n) is 3.20. The number of nitrogens with one attached hydrogen (secondary N) is 2. The van der Waals surface area contributed by atoms with Crippen LogP contribution in [0.5, 0.6) is 0 Å². The van der Waals surface area contributed by atoms with E-state index in [0.717, 1.165) is 11.1 Å². The van der Waals surface area contributed by atoms with E-state index in [1.165, 1.54) is 0 Å². The molecule has 22 heavy (non-hydrogen) atoms. The summed E-state index contributed by atoms with van der Waals surface area (Å²) in [7, 11) is 0. The van der Waals surface area contributed by atoms with Crippen LogP contribution in [0.2, 0.25) is 0 Å². The van der Waals surface area contributed by atoms with Gasteiger partial charge in [-0.1, -0.05) is 38.1 Å². The molecular formula is C17H28N2O3. The molecule has 0 fully saturated rings. The molecule has 0 aliphatic heterocycles. The van der Waals surface area contributed by atoms with E-state index in [4.69, 9.17) is 4.74 Å². The molecule has 0 radical (unpaired) electrons. The Labute approximate surface area is 133 Å². The predicted octanol–water partition coefficient (Wildman–Crippen LogP) is 2.39. The number of aliphatic hydroxyl groups is 1. The van der Waals surface area contributed by atoms with E-state index in [9.17, 15) is 9.90 Å². The number of amides is 2. The van der Waals surface area contributed by atoms with Gasteiger partial charge in [-0.05, 0) is 30.9 Å². The molecule has 124 valence electrons. The highest BCUT2D eigenvalue weighted by atomic mass is 16.5. The van der Waals surface area contributed by atoms with Crippen molar-refractivity contribution >= 4 is 6.03 Å². The summed E-state index contributed by atoms with van der Waals surface area (Å²) >= 11 is 0. The first kappa shape index (κ1) is 18.5. The first-order chi connectivity index (χ1) is 10.4. The third-order valence-corrected chi connectivity index (χ3v) is 3.20. The van der Waals surface area contributed by atoms with Crippen LogP contribution in [0.1, 0.15) is 38.0 Å². The normalized spacial score (nSPS) is 13.7. The van der Waals surface area contributed by atoms with Gasteiger partial charge in [0.1, 0.15) is 0 Å². The van der Waals surface area contributed by atoms with Gasteiger partial charge in [0, 0.05) is 13.2 Å². The molecule has 0 aliphatic rings. The Hall–Kier alpha value is -1.59. The Morgan fingerprint density at radius 1 is 1.23 bits per heavy atom. The van der Waals surface area contributed by atoms with Crippen LogP contribution in [0.15, 0.2) is 24.3 Å². The Kier molecular flexibility index (Phi) is 7.91. The van der Waals surface area contributed by atoms with Gasteiger partial charge in [-0.3, -0.25) is 0 Å². The minimum atomic E-state index is -0.709. The van der Waals surface area contributed by atoms with Gasteiger partial charge in [-0.25, -0.2) is 4.79 Å². The molecule has 1 aromatic carbocycles. The zero-order chi connectivity index (χ0) is 16.5. The summed E-state index contributed by atoms with van der Waals surface area (Å²) < 4.78 is 5.48. The van der Waals surface area contributed by atoms with E-state index in [-0.39, 0.29) is 18.6 Å². The Morgan fingerprint density at radius 2 is 1.91 bits per heavy atom. The van der Waals surface area contributed by atoms with Crippen molar-refractivity contribution in [3.05, 3.63) is 35.4 Å². The summed E-state index contributed by atoms with van der Waals surface area (Å²) in [6, 6.07) is 7.22. The van der Waals surface area contributed by atoms with Crippen molar-refractivity contribution in [2.75, 3.05) is 19.8 Å². The average Bonchev–Trinajstić information content (AvgIpc) is 2.44. The zero-order valence-electron chi connectivity index (χ0n) is 13.9. The topological polar surface area (TPSA) is 70.6 Å². The molecule has 0 aromatic heterocycles. The van der Waals surface area contributed by atoms with Gasteiger partial charge in [0.05, 0.1) is 18.8 Å². The maximum absolute atomic E-state index is 11.8. The van der Waals surface area contributed by atoms with Crippen molar-refractivity contribution in [1.82, 2.24) is 10.6 Å². The molecule has 2 amide bonds. The number of aliphatic hydroxyl groups excluding tert-OH is 1. The summed E-state index contributed by atoms with van der Waals surface area (Å²) in [6.07, 6.45) is -0.709. The fourth-order valence-electron chi connectivity index (χ4n) is 2.06. The minimum absolute atomic E-state index is 0.0747. The van der Waals surface area contributed by atoms with Crippen LogP contribution >= 0.6 is 0 Å². The number of hydrogen-bond acceptors (Lipinski definition) is 3. The second kappa shape index (κ2) is 9.43. The van der Waals surface area contributed by atoms with Crippen molar-refractivity contribution in [2.45, 2.75) is 39.8 Å². The molecule has 0 saturated heterocycles. The quantitative estimate of drug-likeness (QED) is 0.690. The third kappa shape index (κ3) is 6.91. The van der Waals surface area contributed by atoms with Crippen molar-refractivity contribution in [3.8, 4) is 0 Å². The van der Waals surface area contributed by atoms with Gasteiger partial charge in [-0.15, -0.1) is 0 Å². The largest absolute Gasteiger partial charge is 0.387 e. The summed E-state index contributed by atoms with van der Waals surface area (Å²) in [5, 5.41) is 15.6. The van der Waals surface area contributed by atoms with E-state index >= 15 is 0 Å². The number of carbonyl (C=O) groups is 1. The Morgan fingerprint density at radius 3 is 2.55 bits per heavy atom. The van der Waals surface area contributed by atoms with Crippen LogP contribution in [0.25, 0.3) is 0 Å². The number of benzene rings is 1. The predicted molar refractivity (Wildman–Crippen MR) is 87.8 cm³/mol. The molecule has 1 aromatic rings. The Balaban J connectivity index is 2.29. The summed E-state index contributed by atoms with van der Waals surface area (Å²) in [5.74, 6) is 0.477. The number of aryl methyl sites for hydroxylation is 1. The van der Waals surface area contributed by atoms with Crippen molar-refractivity contribution in [1.29, 1.82) is 0 Å². The molecule has 0 heterocycles. The monoisotopic (exact) mass is 308 g/mol. The highest BCUT2D eigenvalue weighted by Gasteiger charge is 2.12. The molecule has 5 heteroatoms. The van der Waals surface area contributed by atoms with Crippen molar-refractivity contribution < 1.29 is 14.6 Å². The lowest BCUT2D eigenvalue weighted by atomic mass is 10.0. The van der Waals surface area contributed by atoms with E-state index < -0.39 is 6.10 Å². The molecule has 1 rings (SSSR count). The number of ether oxygens (including phenoxy) is 1. The smallest absolute Gasteiger partial charge is 0.315 e. The van der Waals surface area contributed by atoms with Gasteiger partial charge in [0.25, 0.3) is 0 Å². The van der Waals surface area contributed by atoms with E-state index in [1.54, 1.807) is 0 Å². The maximum atomic E-state index is 11.8. The Bertz CT molecular complexity index is 463. The van der Waals surface area contributed by atoms with Crippen molar-refractivity contribution in [2.24, 2.45) is 5.92 Å². The average molecular weight is 308 g/mol. The van der Waals surface area contributed by atoms with Gasteiger partial charge in [0.15, 0.2) is 0 Å². The molecule has 5 nitrogen and oxygen atoms in total. The van der Waals surface area contributed by atoms with Gasteiger partial charge >= 0.3 is 6.03 Å². The number of rotatable bonds is 8. The number of carbonyl (C=O) groups excluding carboxylic acids is 1. The van der Waals surface area contributed by atoms with E-state index in [2.05, 4.69) is 24.5 Å². The SMILES string of the molecule is Cc1ccccc1C(O)CNC(=O)NC(C)COCC(C)C. The first-order valence-corrected chi connectivity index (χ1v) is 7.75. The van der Waals surface area contributed by atoms with Crippen LogP contribution in [-0.4, -0.2) is 36.9 Å². The van der Waals surface area contributed by atoms with Crippen LogP contribution in [0.3, 0.4) is 0 Å². The van der Waals surface area contributed by atoms with Crippen LogP contribution in [0.4, 0.5) is 4.79 Å². The standard InChI is InChI=1S/C17H28N2O3/c1-12(2)10-22-11-14(4)19-17(21)18-9-16(20)15-8-6-5-7-13(15)3/h5-8,12,14,16,20H,9-11H2,1-4H3,(H2,18,19,21). The fraction of sp³-hybridized carbons (Fsp3) is 0.588. The summed E-state index contributed by atoms with van der Waals surface area (Å²) in [6.45, 7) is 9.32. The fourth-order valence-corrected chi connectivity index (χ4v) is 2.06. The van der Waals surface area contributed by atoms with Crippen LogP contribution in [-0.2, 0) is 4.74 Å². The second-order valence-electron chi connectivity index (χ2n) is 6.06. The van der Waals surface area contributed by atoms with Crippen molar-refractivity contribution in [3.63, 3.8) is 0 Å². The summed E-state index contributed by atoms with van der Waals surface area (Å²) in [4.78, 5) is 11.8. The maximum Gasteiger partial charge on any atom is 0.315 e. The van der Waals surface area contributed by atoms with Crippen LogP contribution < -0.4 is 10.6 Å². The molecule has 2 atom stereocenters. The van der Waals surface area contributed by atoms with Crippen LogP contribution in [0, 0.1) is 12.8 Å². The van der Waals surface area contributed by atoms with Gasteiger partial charge < -0.3 is 20.5 Å². The zero-order valence-corrected chi connectivity index (χ0v) is 13.9. The molecule has 3 N–H and O–H groups in total. The molecule has 0 spiro atoms. The second-order valence-corrected chi connectivity index (χ2v) is 6.06. The van der Waals surface area contributed by atoms with E-state index in [1.807, 2.05) is 38.1 Å². The van der Waals surface area contributed by atoms with Gasteiger partial charge in [-0.2, -0.15) is 0 Å². The molecule has 2 unspecified atom stereocenters. The minimum Gasteiger partial charge on any atom is -0.387 e. The lowest BCUT2D eigenvalue weighted by Crippen LogP contribution is -2.44. The molecule has 0 saturated carbocycles. The number of urea groups is 1. The summed E-state index contributed by atoms with van der Waals surface area (Å²) in [5.41, 5.74) is 1.84. The molecule has 0 aliphatic carbocycles. The van der Waals surface area contributed by atoms with E-state index in [0.29, 0.717) is 19.1 Å². The first-order valence-electron chi connectivity index (χ1n) is 7.75. The lowest BCUT2D eigenvalue weighted by Gasteiger charge is -2.18. The molecular weight excluding hydrogens is 280 g/mol. The highest BCUT2D eigenvalue weighted by Crippen LogP contribution is 2.16. The highest BCUT2D eigenvalue weighted by molar-refractivity contribution is 5.74. The number of hydrogen-bond donors (Lipinski definition) is 3. The lowest BCUT2D eigenvalue weighted by molar-refractivity contribution is 0.0951. The van der Waals surface area contributed by atoms with Gasteiger partial charge in [0.2, 0.25) is 0 Å².